The molecular formula is C18H17NO3S. The van der Waals surface area contributed by atoms with E-state index in [1.54, 1.807) is 24.5 Å². The molecular weight excluding hydrogens is 310 g/mol. The Hall–Kier alpha value is -2.40. The summed E-state index contributed by atoms with van der Waals surface area (Å²) in [7, 11) is 0. The number of carbonyl (C=O) groups excluding carboxylic acids is 2. The Balaban J connectivity index is 1.62. The molecule has 0 bridgehead atoms. The number of rotatable bonds is 6. The second-order valence-corrected chi connectivity index (χ2v) is 6.36. The summed E-state index contributed by atoms with van der Waals surface area (Å²) in [4.78, 5) is 28.6. The van der Waals surface area contributed by atoms with E-state index in [1.165, 1.54) is 0 Å². The Bertz CT molecular complexity index is 820. The molecule has 0 saturated carbocycles. The Morgan fingerprint density at radius 1 is 1.22 bits per heavy atom. The first-order valence-electron chi connectivity index (χ1n) is 7.47. The summed E-state index contributed by atoms with van der Waals surface area (Å²) < 4.78 is 5.29. The third-order valence-electron chi connectivity index (χ3n) is 3.69. The number of thiophene rings is 1. The summed E-state index contributed by atoms with van der Waals surface area (Å²) in [6.45, 7) is 1.62. The van der Waals surface area contributed by atoms with Gasteiger partial charge < -0.3 is 9.72 Å². The average Bonchev–Trinajstić information content (AvgIpc) is 3.21. The van der Waals surface area contributed by atoms with Crippen molar-refractivity contribution in [2.45, 2.75) is 25.9 Å². The minimum atomic E-state index is -0.787. The molecule has 118 valence electrons. The summed E-state index contributed by atoms with van der Waals surface area (Å²) in [5, 5.41) is 2.82. The van der Waals surface area contributed by atoms with Crippen LogP contribution in [0.4, 0.5) is 0 Å². The minimum Gasteiger partial charge on any atom is -0.454 e. The fourth-order valence-corrected chi connectivity index (χ4v) is 3.19. The lowest BCUT2D eigenvalue weighted by atomic mass is 10.1. The molecule has 0 aliphatic heterocycles. The van der Waals surface area contributed by atoms with E-state index in [4.69, 9.17) is 4.74 Å². The van der Waals surface area contributed by atoms with Gasteiger partial charge in [0.05, 0.1) is 6.42 Å². The smallest absolute Gasteiger partial charge is 0.306 e. The highest BCUT2D eigenvalue weighted by molar-refractivity contribution is 7.09. The first-order chi connectivity index (χ1) is 11.1. The van der Waals surface area contributed by atoms with Crippen LogP contribution in [0.15, 0.2) is 48.0 Å². The van der Waals surface area contributed by atoms with Crippen LogP contribution in [-0.4, -0.2) is 22.8 Å². The normalized spacial score (nSPS) is 12.2. The number of carbonyl (C=O) groups is 2. The van der Waals surface area contributed by atoms with Crippen LogP contribution in [0.3, 0.4) is 0 Å². The van der Waals surface area contributed by atoms with E-state index in [9.17, 15) is 9.59 Å². The van der Waals surface area contributed by atoms with E-state index >= 15 is 0 Å². The monoisotopic (exact) mass is 327 g/mol. The quantitative estimate of drug-likeness (QED) is 0.550. The molecule has 23 heavy (non-hydrogen) atoms. The van der Waals surface area contributed by atoms with Gasteiger partial charge >= 0.3 is 5.97 Å². The summed E-state index contributed by atoms with van der Waals surface area (Å²) >= 11 is 1.61. The van der Waals surface area contributed by atoms with Crippen molar-refractivity contribution in [3.05, 3.63) is 58.4 Å². The molecule has 0 fully saturated rings. The number of para-hydroxylation sites is 1. The zero-order valence-corrected chi connectivity index (χ0v) is 13.6. The number of Topliss-reactive ketones (excluding diaryl/α,β-unsaturated/α-hetero) is 1. The molecule has 0 aliphatic carbocycles. The highest BCUT2D eigenvalue weighted by Crippen LogP contribution is 2.20. The van der Waals surface area contributed by atoms with Crippen molar-refractivity contribution in [1.29, 1.82) is 0 Å². The van der Waals surface area contributed by atoms with E-state index in [1.807, 2.05) is 41.8 Å². The number of nitrogens with one attached hydrogen (secondary N) is 1. The van der Waals surface area contributed by atoms with Crippen molar-refractivity contribution < 1.29 is 14.3 Å². The topological polar surface area (TPSA) is 59.2 Å². The van der Waals surface area contributed by atoms with Gasteiger partial charge in [0.2, 0.25) is 5.78 Å². The van der Waals surface area contributed by atoms with Crippen LogP contribution in [0.1, 0.15) is 28.6 Å². The second-order valence-electron chi connectivity index (χ2n) is 5.32. The standard InChI is InChI=1S/C18H17NO3S/c1-12(22-17(20)9-8-13-5-4-10-23-13)18(21)15-11-19-16-7-3-2-6-14(15)16/h2-7,10-12,19H,8-9H2,1H3/t12-/m1/s1. The molecule has 1 N–H and O–H groups in total. The number of H-pyrrole nitrogens is 1. The fourth-order valence-electron chi connectivity index (χ4n) is 2.48. The Kier molecular flexibility index (Phi) is 4.57. The number of benzene rings is 1. The predicted octanol–water partition coefficient (Wildman–Crippen LogP) is 3.98. The van der Waals surface area contributed by atoms with Gasteiger partial charge in [0, 0.05) is 27.5 Å². The van der Waals surface area contributed by atoms with Crippen molar-refractivity contribution in [3.8, 4) is 0 Å². The van der Waals surface area contributed by atoms with Crippen molar-refractivity contribution >= 4 is 34.0 Å². The molecule has 0 spiro atoms. The molecule has 0 amide bonds. The third-order valence-corrected chi connectivity index (χ3v) is 4.62. The molecule has 3 rings (SSSR count). The number of esters is 1. The summed E-state index contributed by atoms with van der Waals surface area (Å²) in [5.41, 5.74) is 1.45. The van der Waals surface area contributed by atoms with Gasteiger partial charge in [0.15, 0.2) is 6.10 Å². The van der Waals surface area contributed by atoms with E-state index in [0.717, 1.165) is 15.8 Å². The van der Waals surface area contributed by atoms with Crippen molar-refractivity contribution in [1.82, 2.24) is 4.98 Å². The average molecular weight is 327 g/mol. The molecule has 2 aromatic heterocycles. The second kappa shape index (κ2) is 6.79. The van der Waals surface area contributed by atoms with Crippen LogP contribution in [0.25, 0.3) is 10.9 Å². The highest BCUT2D eigenvalue weighted by atomic mass is 32.1. The van der Waals surface area contributed by atoms with Gasteiger partial charge in [-0.3, -0.25) is 9.59 Å². The van der Waals surface area contributed by atoms with E-state index in [0.29, 0.717) is 12.0 Å². The molecule has 4 nitrogen and oxygen atoms in total. The van der Waals surface area contributed by atoms with Gasteiger partial charge in [0.25, 0.3) is 0 Å². The highest BCUT2D eigenvalue weighted by Gasteiger charge is 2.22. The van der Waals surface area contributed by atoms with Crippen molar-refractivity contribution in [3.63, 3.8) is 0 Å². The lowest BCUT2D eigenvalue weighted by molar-refractivity contribution is -0.146. The molecule has 1 atom stereocenters. The van der Waals surface area contributed by atoms with Crippen LogP contribution < -0.4 is 0 Å². The molecule has 3 aromatic rings. The van der Waals surface area contributed by atoms with E-state index in [-0.39, 0.29) is 18.2 Å². The largest absolute Gasteiger partial charge is 0.454 e. The number of fused-ring (bicyclic) bond motifs is 1. The number of hydrogen-bond acceptors (Lipinski definition) is 4. The maximum absolute atomic E-state index is 12.5. The number of ether oxygens (including phenoxy) is 1. The zero-order valence-electron chi connectivity index (χ0n) is 12.7. The van der Waals surface area contributed by atoms with Gasteiger partial charge in [-0.05, 0) is 30.9 Å². The van der Waals surface area contributed by atoms with E-state index < -0.39 is 6.10 Å². The Labute approximate surface area is 138 Å². The van der Waals surface area contributed by atoms with Crippen LogP contribution in [0.2, 0.25) is 0 Å². The maximum Gasteiger partial charge on any atom is 0.306 e. The number of aromatic amines is 1. The first-order valence-corrected chi connectivity index (χ1v) is 8.35. The SMILES string of the molecule is C[C@@H](OC(=O)CCc1cccs1)C(=O)c1c[nH]c2ccccc12. The van der Waals surface area contributed by atoms with E-state index in [2.05, 4.69) is 4.98 Å². The molecule has 2 heterocycles. The lowest BCUT2D eigenvalue weighted by Gasteiger charge is -2.11. The van der Waals surface area contributed by atoms with Crippen LogP contribution in [-0.2, 0) is 16.0 Å². The Morgan fingerprint density at radius 3 is 2.83 bits per heavy atom. The van der Waals surface area contributed by atoms with Gasteiger partial charge in [-0.25, -0.2) is 0 Å². The van der Waals surface area contributed by atoms with Gasteiger partial charge in [-0.15, -0.1) is 11.3 Å². The molecule has 0 saturated heterocycles. The molecule has 0 unspecified atom stereocenters. The summed E-state index contributed by atoms with van der Waals surface area (Å²) in [6, 6.07) is 11.5. The summed E-state index contributed by atoms with van der Waals surface area (Å²) in [6.07, 6.45) is 1.81. The number of hydrogen-bond donors (Lipinski definition) is 1. The Morgan fingerprint density at radius 2 is 2.04 bits per heavy atom. The lowest BCUT2D eigenvalue weighted by Crippen LogP contribution is -2.24. The van der Waals surface area contributed by atoms with Gasteiger partial charge in [-0.1, -0.05) is 24.3 Å². The van der Waals surface area contributed by atoms with Crippen molar-refractivity contribution in [2.75, 3.05) is 0 Å². The van der Waals surface area contributed by atoms with Crippen molar-refractivity contribution in [2.24, 2.45) is 0 Å². The number of ketones is 1. The van der Waals surface area contributed by atoms with Gasteiger partial charge in [-0.2, -0.15) is 0 Å². The summed E-state index contributed by atoms with van der Waals surface area (Å²) in [5.74, 6) is -0.536. The zero-order chi connectivity index (χ0) is 16.2. The molecule has 0 aliphatic rings. The third kappa shape index (κ3) is 3.51. The minimum absolute atomic E-state index is 0.188. The number of aryl methyl sites for hydroxylation is 1. The van der Waals surface area contributed by atoms with Crippen LogP contribution >= 0.6 is 11.3 Å². The fraction of sp³-hybridized carbons (Fsp3) is 0.222. The number of aromatic nitrogens is 1. The van der Waals surface area contributed by atoms with Crippen LogP contribution in [0, 0.1) is 0 Å². The molecule has 5 heteroatoms. The predicted molar refractivity (Wildman–Crippen MR) is 90.8 cm³/mol. The van der Waals surface area contributed by atoms with Crippen LogP contribution in [0.5, 0.6) is 0 Å². The molecule has 0 radical (unpaired) electrons. The first kappa shape index (κ1) is 15.5. The maximum atomic E-state index is 12.5. The molecule has 1 aromatic carbocycles. The van der Waals surface area contributed by atoms with Gasteiger partial charge in [0.1, 0.15) is 0 Å².